The minimum absolute atomic E-state index is 0.207. The molecule has 1 saturated heterocycles. The van der Waals surface area contributed by atoms with E-state index < -0.39 is 23.9 Å². The lowest BCUT2D eigenvalue weighted by Crippen LogP contribution is -2.49. The fourth-order valence-electron chi connectivity index (χ4n) is 2.16. The highest BCUT2D eigenvalue weighted by atomic mass is 19.3. The van der Waals surface area contributed by atoms with Crippen LogP contribution in [0.2, 0.25) is 0 Å². The zero-order chi connectivity index (χ0) is 8.93. The number of hydrogen-bond donors (Lipinski definition) is 2. The Hall–Kier alpha value is -0.710. The topological polar surface area (TPSA) is 49.3 Å². The first-order valence-electron chi connectivity index (χ1n) is 3.87. The van der Waals surface area contributed by atoms with Crippen LogP contribution >= 0.6 is 0 Å². The van der Waals surface area contributed by atoms with E-state index in [0.29, 0.717) is 6.42 Å². The predicted octanol–water partition coefficient (Wildman–Crippen LogP) is 0.457. The minimum Gasteiger partial charge on any atom is -0.480 e. The van der Waals surface area contributed by atoms with Crippen LogP contribution in [0.15, 0.2) is 0 Å². The van der Waals surface area contributed by atoms with Crippen molar-refractivity contribution in [2.75, 3.05) is 0 Å². The van der Waals surface area contributed by atoms with Gasteiger partial charge in [0.2, 0.25) is 0 Å². The van der Waals surface area contributed by atoms with Crippen LogP contribution in [-0.2, 0) is 4.79 Å². The molecule has 12 heavy (non-hydrogen) atoms. The van der Waals surface area contributed by atoms with Crippen molar-refractivity contribution >= 4 is 5.97 Å². The van der Waals surface area contributed by atoms with Crippen molar-refractivity contribution < 1.29 is 18.7 Å². The molecule has 0 aromatic carbocycles. The minimum atomic E-state index is -2.78. The van der Waals surface area contributed by atoms with E-state index >= 15 is 0 Å². The first-order chi connectivity index (χ1) is 5.50. The summed E-state index contributed by atoms with van der Waals surface area (Å²) >= 11 is 0. The molecule has 0 radical (unpaired) electrons. The second kappa shape index (κ2) is 2.16. The molecule has 3 atom stereocenters. The van der Waals surface area contributed by atoms with Gasteiger partial charge in [0, 0.05) is 12.5 Å². The molecular weight excluding hydrogens is 168 g/mol. The van der Waals surface area contributed by atoms with Gasteiger partial charge >= 0.3 is 5.97 Å². The van der Waals surface area contributed by atoms with E-state index in [1.807, 2.05) is 0 Å². The summed E-state index contributed by atoms with van der Waals surface area (Å²) in [5.74, 6) is -4.94. The molecular formula is C7H9F2NO2. The van der Waals surface area contributed by atoms with Gasteiger partial charge in [0.15, 0.2) is 0 Å². The number of fused-ring (bicyclic) bond motifs is 2. The number of rotatable bonds is 1. The Kier molecular flexibility index (Phi) is 1.42. The van der Waals surface area contributed by atoms with Crippen molar-refractivity contribution in [1.29, 1.82) is 0 Å². The third-order valence-corrected chi connectivity index (χ3v) is 2.68. The van der Waals surface area contributed by atoms with Gasteiger partial charge in [-0.1, -0.05) is 0 Å². The Balaban J connectivity index is 2.20. The second-order valence-electron chi connectivity index (χ2n) is 3.49. The van der Waals surface area contributed by atoms with E-state index in [2.05, 4.69) is 5.32 Å². The largest absolute Gasteiger partial charge is 0.480 e. The van der Waals surface area contributed by atoms with Crippen LogP contribution < -0.4 is 5.32 Å². The maximum atomic E-state index is 12.9. The van der Waals surface area contributed by atoms with E-state index in [0.717, 1.165) is 0 Å². The van der Waals surface area contributed by atoms with Crippen LogP contribution in [0, 0.1) is 5.92 Å². The molecule has 1 saturated carbocycles. The normalized spacial score (nSPS) is 43.3. The lowest BCUT2D eigenvalue weighted by Gasteiger charge is -2.27. The highest BCUT2D eigenvalue weighted by Crippen LogP contribution is 2.46. The van der Waals surface area contributed by atoms with E-state index in [4.69, 9.17) is 5.11 Å². The molecule has 68 valence electrons. The highest BCUT2D eigenvalue weighted by molar-refractivity contribution is 5.75. The lowest BCUT2D eigenvalue weighted by atomic mass is 9.96. The smallest absolute Gasteiger partial charge is 0.321 e. The zero-order valence-electron chi connectivity index (χ0n) is 6.26. The number of hydrogen-bond acceptors (Lipinski definition) is 2. The number of carboxylic acid groups (broad SMARTS) is 1. The van der Waals surface area contributed by atoms with Gasteiger partial charge in [0.05, 0.1) is 5.92 Å². The SMILES string of the molecule is O=C(O)[C@H]1N[C@H]2C[C@H]1C(F)(F)C2. The molecule has 0 amide bonds. The van der Waals surface area contributed by atoms with Crippen LogP contribution in [0.4, 0.5) is 8.78 Å². The van der Waals surface area contributed by atoms with E-state index in [1.165, 1.54) is 0 Å². The molecule has 2 rings (SSSR count). The molecule has 5 heteroatoms. The molecule has 1 aliphatic heterocycles. The van der Waals surface area contributed by atoms with Gasteiger partial charge in [0.1, 0.15) is 6.04 Å². The average Bonchev–Trinajstić information content (AvgIpc) is 2.40. The van der Waals surface area contributed by atoms with Gasteiger partial charge in [-0.3, -0.25) is 4.79 Å². The highest BCUT2D eigenvalue weighted by Gasteiger charge is 2.59. The summed E-state index contributed by atoms with van der Waals surface area (Å²) in [6.07, 6.45) is 0.0887. The van der Waals surface area contributed by atoms with Gasteiger partial charge in [-0.2, -0.15) is 0 Å². The number of carboxylic acids is 1. The molecule has 2 bridgehead atoms. The fourth-order valence-corrected chi connectivity index (χ4v) is 2.16. The Morgan fingerprint density at radius 3 is 2.58 bits per heavy atom. The van der Waals surface area contributed by atoms with Crippen molar-refractivity contribution in [2.45, 2.75) is 30.8 Å². The van der Waals surface area contributed by atoms with Crippen LogP contribution in [0.25, 0.3) is 0 Å². The molecule has 2 fully saturated rings. The first kappa shape index (κ1) is 7.91. The summed E-state index contributed by atoms with van der Waals surface area (Å²) in [5.41, 5.74) is 0. The van der Waals surface area contributed by atoms with Crippen molar-refractivity contribution in [3.8, 4) is 0 Å². The van der Waals surface area contributed by atoms with Crippen LogP contribution in [0.5, 0.6) is 0 Å². The predicted molar refractivity (Wildman–Crippen MR) is 36.0 cm³/mol. The molecule has 2 aliphatic rings. The Labute approximate surface area is 67.8 Å². The Bertz CT molecular complexity index is 231. The van der Waals surface area contributed by atoms with E-state index in [1.54, 1.807) is 0 Å². The molecule has 1 heterocycles. The number of halogens is 2. The van der Waals surface area contributed by atoms with Crippen LogP contribution in [0.1, 0.15) is 12.8 Å². The number of aliphatic carboxylic acids is 1. The first-order valence-corrected chi connectivity index (χ1v) is 3.87. The van der Waals surface area contributed by atoms with Gasteiger partial charge in [-0.25, -0.2) is 8.78 Å². The standard InChI is InChI=1S/C7H9F2NO2/c8-7(9)2-3-1-4(7)5(10-3)6(11)12/h3-5,10H,1-2H2,(H,11,12)/t3-,4+,5-/m0/s1. The number of nitrogens with one attached hydrogen (secondary N) is 1. The lowest BCUT2D eigenvalue weighted by molar-refractivity contribution is -0.147. The molecule has 1 aliphatic carbocycles. The summed E-state index contributed by atoms with van der Waals surface area (Å²) in [7, 11) is 0. The van der Waals surface area contributed by atoms with E-state index in [9.17, 15) is 13.6 Å². The molecule has 0 unspecified atom stereocenters. The maximum absolute atomic E-state index is 12.9. The van der Waals surface area contributed by atoms with Gasteiger partial charge in [-0.15, -0.1) is 0 Å². The summed E-state index contributed by atoms with van der Waals surface area (Å²) < 4.78 is 25.9. The maximum Gasteiger partial charge on any atom is 0.321 e. The number of alkyl halides is 2. The number of piperidine rings is 1. The fraction of sp³-hybridized carbons (Fsp3) is 0.857. The molecule has 0 spiro atoms. The van der Waals surface area contributed by atoms with Gasteiger partial charge in [-0.05, 0) is 6.42 Å². The van der Waals surface area contributed by atoms with E-state index in [-0.39, 0.29) is 12.5 Å². The summed E-state index contributed by atoms with van der Waals surface area (Å²) in [5, 5.41) is 11.2. The molecule has 0 aromatic rings. The quantitative estimate of drug-likeness (QED) is 0.611. The summed E-state index contributed by atoms with van der Waals surface area (Å²) in [4.78, 5) is 10.5. The Morgan fingerprint density at radius 2 is 2.25 bits per heavy atom. The molecule has 0 aromatic heterocycles. The second-order valence-corrected chi connectivity index (χ2v) is 3.49. The zero-order valence-corrected chi connectivity index (χ0v) is 6.26. The summed E-state index contributed by atoms with van der Waals surface area (Å²) in [6, 6.07) is -1.34. The average molecular weight is 177 g/mol. The monoisotopic (exact) mass is 177 g/mol. The third-order valence-electron chi connectivity index (χ3n) is 2.68. The third kappa shape index (κ3) is 0.924. The van der Waals surface area contributed by atoms with Crippen molar-refractivity contribution in [3.63, 3.8) is 0 Å². The van der Waals surface area contributed by atoms with Crippen molar-refractivity contribution in [2.24, 2.45) is 5.92 Å². The van der Waals surface area contributed by atoms with Crippen LogP contribution in [-0.4, -0.2) is 29.1 Å². The Morgan fingerprint density at radius 1 is 1.58 bits per heavy atom. The molecule has 3 nitrogen and oxygen atoms in total. The van der Waals surface area contributed by atoms with Crippen molar-refractivity contribution in [1.82, 2.24) is 5.32 Å². The number of carbonyl (C=O) groups is 1. The summed E-state index contributed by atoms with van der Waals surface area (Å²) in [6.45, 7) is 0. The van der Waals surface area contributed by atoms with Crippen LogP contribution in [0.3, 0.4) is 0 Å². The van der Waals surface area contributed by atoms with Gasteiger partial charge < -0.3 is 10.4 Å². The molecule has 2 N–H and O–H groups in total. The van der Waals surface area contributed by atoms with Gasteiger partial charge in [0.25, 0.3) is 5.92 Å². The van der Waals surface area contributed by atoms with Crippen molar-refractivity contribution in [3.05, 3.63) is 0 Å².